The van der Waals surface area contributed by atoms with Gasteiger partial charge in [-0.1, -0.05) is 42.5 Å². The van der Waals surface area contributed by atoms with Gasteiger partial charge < -0.3 is 10.1 Å². The molecule has 3 aromatic rings. The fourth-order valence-corrected chi connectivity index (χ4v) is 6.17. The number of aryl methyl sites for hydroxylation is 1. The Morgan fingerprint density at radius 2 is 1.80 bits per heavy atom. The first-order valence-electron chi connectivity index (χ1n) is 12.1. The van der Waals surface area contributed by atoms with E-state index in [2.05, 4.69) is 17.4 Å². The van der Waals surface area contributed by atoms with Crippen molar-refractivity contribution in [3.63, 3.8) is 0 Å². The van der Waals surface area contributed by atoms with E-state index in [4.69, 9.17) is 4.74 Å². The van der Waals surface area contributed by atoms with E-state index in [1.807, 2.05) is 36.4 Å². The average Bonchev–Trinajstić information content (AvgIpc) is 2.88. The Morgan fingerprint density at radius 3 is 2.54 bits per heavy atom. The fraction of sp³-hybridized carbons (Fsp3) is 0.357. The summed E-state index contributed by atoms with van der Waals surface area (Å²) in [6.07, 6.45) is 3.86. The highest BCUT2D eigenvalue weighted by atomic mass is 32.2. The molecule has 1 atom stereocenters. The maximum atomic E-state index is 13.4. The summed E-state index contributed by atoms with van der Waals surface area (Å²) in [5.74, 6) is 1.04. The van der Waals surface area contributed by atoms with Gasteiger partial charge in [-0.05, 0) is 91.7 Å². The van der Waals surface area contributed by atoms with Gasteiger partial charge in [0, 0.05) is 13.1 Å². The Balaban J connectivity index is 1.34. The van der Waals surface area contributed by atoms with Gasteiger partial charge in [-0.2, -0.15) is 4.31 Å². The van der Waals surface area contributed by atoms with Gasteiger partial charge in [0.1, 0.15) is 11.6 Å². The number of benzene rings is 3. The van der Waals surface area contributed by atoms with E-state index in [1.54, 1.807) is 7.11 Å². The Bertz CT molecular complexity index is 1190. The second-order valence-corrected chi connectivity index (χ2v) is 11.0. The van der Waals surface area contributed by atoms with Crippen LogP contribution >= 0.6 is 0 Å². The zero-order valence-corrected chi connectivity index (χ0v) is 20.9. The summed E-state index contributed by atoms with van der Waals surface area (Å²) in [5.41, 5.74) is 3.61. The topological polar surface area (TPSA) is 58.6 Å². The van der Waals surface area contributed by atoms with Crippen molar-refractivity contribution in [3.05, 3.63) is 95.3 Å². The molecule has 0 aromatic heterocycles. The van der Waals surface area contributed by atoms with E-state index in [-0.39, 0.29) is 11.4 Å². The number of hydrogen-bond donors (Lipinski definition) is 1. The van der Waals surface area contributed by atoms with Gasteiger partial charge >= 0.3 is 0 Å². The highest BCUT2D eigenvalue weighted by molar-refractivity contribution is 7.89. The second kappa shape index (κ2) is 11.8. The summed E-state index contributed by atoms with van der Waals surface area (Å²) in [4.78, 5) is 0.109. The highest BCUT2D eigenvalue weighted by Crippen LogP contribution is 2.32. The van der Waals surface area contributed by atoms with Crippen LogP contribution in [-0.2, 0) is 29.4 Å². The Morgan fingerprint density at radius 1 is 1.03 bits per heavy atom. The van der Waals surface area contributed by atoms with Gasteiger partial charge in [-0.25, -0.2) is 12.8 Å². The first kappa shape index (κ1) is 25.4. The number of nitrogens with zero attached hydrogens (tertiary/aromatic N) is 1. The summed E-state index contributed by atoms with van der Waals surface area (Å²) in [7, 11) is -2.02. The molecule has 1 unspecified atom stereocenters. The van der Waals surface area contributed by atoms with E-state index in [9.17, 15) is 12.8 Å². The first-order chi connectivity index (χ1) is 17.0. The van der Waals surface area contributed by atoms with Crippen LogP contribution < -0.4 is 10.1 Å². The van der Waals surface area contributed by atoms with Crippen LogP contribution in [0.4, 0.5) is 4.39 Å². The molecule has 0 fully saturated rings. The average molecular weight is 497 g/mol. The number of ether oxygens (including phenoxy) is 1. The van der Waals surface area contributed by atoms with Gasteiger partial charge in [0.05, 0.1) is 12.0 Å². The molecule has 186 valence electrons. The normalized spacial score (nSPS) is 15.7. The zero-order valence-electron chi connectivity index (χ0n) is 20.1. The van der Waals surface area contributed by atoms with E-state index in [0.717, 1.165) is 43.7 Å². The summed E-state index contributed by atoms with van der Waals surface area (Å²) in [6.45, 7) is 2.27. The SMILES string of the molecule is COc1cccc2c1CC(CNCCCN(Cc1ccccc1)S(=O)(=O)c1ccc(F)cc1)CC2. The number of hydrogen-bond acceptors (Lipinski definition) is 4. The summed E-state index contributed by atoms with van der Waals surface area (Å²) in [6, 6.07) is 20.8. The maximum absolute atomic E-state index is 13.4. The smallest absolute Gasteiger partial charge is 0.243 e. The molecule has 0 bridgehead atoms. The van der Waals surface area contributed by atoms with Gasteiger partial charge in [0.2, 0.25) is 10.0 Å². The van der Waals surface area contributed by atoms with Crippen LogP contribution in [0.1, 0.15) is 29.5 Å². The highest BCUT2D eigenvalue weighted by Gasteiger charge is 2.25. The number of methoxy groups -OCH3 is 1. The molecule has 1 aliphatic carbocycles. The van der Waals surface area contributed by atoms with Crippen molar-refractivity contribution in [3.8, 4) is 5.75 Å². The molecule has 0 amide bonds. The standard InChI is InChI=1S/C28H33FN2O3S/c1-34-28-10-5-9-24-12-11-23(19-27(24)28)20-30-17-6-18-31(21-22-7-3-2-4-8-22)35(32,33)26-15-13-25(29)14-16-26/h2-5,7-10,13-16,23,30H,6,11-12,17-21H2,1H3. The van der Waals surface area contributed by atoms with Crippen LogP contribution in [0.5, 0.6) is 5.75 Å². The molecular weight excluding hydrogens is 463 g/mol. The molecule has 1 aliphatic rings. The molecule has 0 saturated carbocycles. The molecule has 35 heavy (non-hydrogen) atoms. The van der Waals surface area contributed by atoms with Crippen molar-refractivity contribution in [2.75, 3.05) is 26.7 Å². The molecular formula is C28H33FN2O3S. The molecule has 0 aliphatic heterocycles. The summed E-state index contributed by atoms with van der Waals surface area (Å²) >= 11 is 0. The van der Waals surface area contributed by atoms with Crippen LogP contribution in [-0.4, -0.2) is 39.5 Å². The van der Waals surface area contributed by atoms with Gasteiger partial charge in [-0.15, -0.1) is 0 Å². The van der Waals surface area contributed by atoms with Gasteiger partial charge in [-0.3, -0.25) is 0 Å². The minimum atomic E-state index is -3.74. The van der Waals surface area contributed by atoms with Gasteiger partial charge in [0.15, 0.2) is 0 Å². The van der Waals surface area contributed by atoms with Crippen molar-refractivity contribution in [1.82, 2.24) is 9.62 Å². The molecule has 0 radical (unpaired) electrons. The third-order valence-electron chi connectivity index (χ3n) is 6.61. The molecule has 4 rings (SSSR count). The third kappa shape index (κ3) is 6.48. The third-order valence-corrected chi connectivity index (χ3v) is 8.47. The number of sulfonamides is 1. The molecule has 1 N–H and O–H groups in total. The van der Waals surface area contributed by atoms with Crippen LogP contribution in [0.2, 0.25) is 0 Å². The first-order valence-corrected chi connectivity index (χ1v) is 13.6. The van der Waals surface area contributed by atoms with Crippen LogP contribution in [0.15, 0.2) is 77.7 Å². The lowest BCUT2D eigenvalue weighted by molar-refractivity contribution is 0.372. The van der Waals surface area contributed by atoms with Crippen molar-refractivity contribution in [2.45, 2.75) is 37.1 Å². The zero-order chi connectivity index (χ0) is 24.7. The molecule has 3 aromatic carbocycles. The lowest BCUT2D eigenvalue weighted by atomic mass is 9.83. The maximum Gasteiger partial charge on any atom is 0.243 e. The fourth-order valence-electron chi connectivity index (χ4n) is 4.71. The number of rotatable bonds is 11. The monoisotopic (exact) mass is 496 g/mol. The quantitative estimate of drug-likeness (QED) is 0.387. The number of halogens is 1. The molecule has 0 heterocycles. The van der Waals surface area contributed by atoms with Gasteiger partial charge in [0.25, 0.3) is 0 Å². The van der Waals surface area contributed by atoms with E-state index in [1.165, 1.54) is 39.7 Å². The van der Waals surface area contributed by atoms with Crippen LogP contribution in [0, 0.1) is 11.7 Å². The molecule has 7 heteroatoms. The van der Waals surface area contributed by atoms with Crippen molar-refractivity contribution < 1.29 is 17.5 Å². The summed E-state index contributed by atoms with van der Waals surface area (Å²) in [5, 5.41) is 3.53. The predicted octanol–water partition coefficient (Wildman–Crippen LogP) is 4.81. The van der Waals surface area contributed by atoms with Crippen LogP contribution in [0.3, 0.4) is 0 Å². The lowest BCUT2D eigenvalue weighted by Gasteiger charge is -2.26. The number of nitrogens with one attached hydrogen (secondary N) is 1. The molecule has 5 nitrogen and oxygen atoms in total. The second-order valence-electron chi connectivity index (χ2n) is 9.04. The Labute approximate surface area is 208 Å². The minimum Gasteiger partial charge on any atom is -0.496 e. The Hall–Kier alpha value is -2.74. The predicted molar refractivity (Wildman–Crippen MR) is 136 cm³/mol. The largest absolute Gasteiger partial charge is 0.496 e. The minimum absolute atomic E-state index is 0.109. The van der Waals surface area contributed by atoms with Crippen LogP contribution in [0.25, 0.3) is 0 Å². The van der Waals surface area contributed by atoms with E-state index < -0.39 is 15.8 Å². The van der Waals surface area contributed by atoms with Crippen molar-refractivity contribution in [1.29, 1.82) is 0 Å². The summed E-state index contributed by atoms with van der Waals surface area (Å²) < 4.78 is 47.0. The van der Waals surface area contributed by atoms with E-state index >= 15 is 0 Å². The van der Waals surface area contributed by atoms with Crippen molar-refractivity contribution in [2.24, 2.45) is 5.92 Å². The Kier molecular flexibility index (Phi) is 8.55. The van der Waals surface area contributed by atoms with E-state index in [0.29, 0.717) is 18.9 Å². The van der Waals surface area contributed by atoms with Crippen molar-refractivity contribution >= 4 is 10.0 Å². The molecule has 0 spiro atoms. The lowest BCUT2D eigenvalue weighted by Crippen LogP contribution is -2.34. The molecule has 0 saturated heterocycles. The number of fused-ring (bicyclic) bond motifs is 1.